The van der Waals surface area contributed by atoms with Gasteiger partial charge in [0.2, 0.25) is 11.6 Å². The Morgan fingerprint density at radius 1 is 0.333 bits per heavy atom. The van der Waals surface area contributed by atoms with Crippen LogP contribution in [0, 0.1) is 0 Å². The fourth-order valence-electron chi connectivity index (χ4n) is 17.1. The number of carboxylic acids is 2. The molecule has 0 bridgehead atoms. The summed E-state index contributed by atoms with van der Waals surface area (Å²) < 4.78 is 262. The zero-order chi connectivity index (χ0) is 109. The van der Waals surface area contributed by atoms with Gasteiger partial charge in [0.05, 0.1) is 130 Å². The van der Waals surface area contributed by atoms with Gasteiger partial charge in [-0.3, -0.25) is 19.2 Å². The fraction of sp³-hybridized carbons (Fsp3) is 0.294. The van der Waals surface area contributed by atoms with Crippen molar-refractivity contribution in [3.63, 3.8) is 0 Å². The lowest BCUT2D eigenvalue weighted by Crippen LogP contribution is -2.33. The number of nitrogens with two attached hydrogens (primary N) is 4. The minimum atomic E-state index is -5.03. The van der Waals surface area contributed by atoms with Crippen LogP contribution in [0.2, 0.25) is 0 Å². The van der Waals surface area contributed by atoms with Crippen molar-refractivity contribution >= 4 is 47.1 Å². The van der Waals surface area contributed by atoms with Gasteiger partial charge in [0, 0.05) is 132 Å². The monoisotopic (exact) mass is 2110 g/mol. The SMILES string of the molecule is Nc1cc(-c2nc(-c3ccccc3)n(CC[C@@H](O)C[C@@H](O)CC(=O)O)c2-c2cccc(C(F)(F)F)c2)ccn1.Nc1cc(-c2nc(-c3ccccc3)n(CC[C@@H]3C[C@@H](O)CC(=O)O3)c2-c2cccc(C(F)(F)F)c2)ccn1.Nc1cc(-c2nc(C(F)(F)F)n(CC[C@@H](O)C[C@@H](O)CC(=O)O)c2-c2cccc(C(F)(F)F)c2)ccn1.Nc1cc(-c2nc(C(F)(F)F)n(CC[C@@H]3C[C@@H](O)CC(=O)O3)c2-c2cccc(C(F)(F)F)c2)ccn1. The molecule has 0 radical (unpaired) electrons. The molecular weight excluding hydrogens is 2020 g/mol. The van der Waals surface area contributed by atoms with Crippen LogP contribution in [0.5, 0.6) is 0 Å². The molecule has 6 aromatic carbocycles. The second-order valence-corrected chi connectivity index (χ2v) is 34.9. The van der Waals surface area contributed by atoms with Gasteiger partial charge in [-0.25, -0.2) is 39.9 Å². The highest BCUT2D eigenvalue weighted by Crippen LogP contribution is 2.48. The average molecular weight is 2110 g/mol. The number of carbonyl (C=O) groups excluding carboxylic acids is 2. The minimum absolute atomic E-state index is 0.0197. The number of carboxylic acid groups (broad SMARTS) is 2. The number of esters is 2. The second kappa shape index (κ2) is 47.2. The molecule has 0 saturated carbocycles. The number of imidazole rings is 4. The van der Waals surface area contributed by atoms with Crippen LogP contribution in [0.3, 0.4) is 0 Å². The van der Waals surface area contributed by atoms with E-state index in [9.17, 15) is 129 Å². The van der Waals surface area contributed by atoms with Gasteiger partial charge in [0.1, 0.15) is 47.1 Å². The summed E-state index contributed by atoms with van der Waals surface area (Å²) >= 11 is 0. The molecule has 8 aromatic heterocycles. The quantitative estimate of drug-likeness (QED) is 0.0147. The maximum atomic E-state index is 14.1. The first kappa shape index (κ1) is 112. The standard InChI is InChI=1S/C28H27F3N4O4.C28H25F3N4O3.C23H22F6N4O4.C23H20F6N4O3/c29-28(30,31)20-8-4-7-19(13-20)26-25(18-9-11-33-23(32)14-18)34-27(17-5-2-1-3-6-17)35(26)12-10-21(36)15-22(37)16-24(38)39;29-28(30,31)20-8-4-7-19(13-20)26-25(18-9-11-33-23(32)14-18)34-27(17-5-2-1-3-6-17)35(26)12-10-22-15-21(36)16-24(37)38-22;24-22(25,26)14-3-1-2-13(8-14)20-19(12-4-6-31-17(30)9-12)32-21(23(27,28)29)33(20)7-5-15(34)10-16(35)11-18(36)37;24-22(25,26)14-3-1-2-13(8-14)20-19(12-4-6-31-17(30)9-12)32-21(23(27,28)29)33(20)7-5-16-10-15(34)11-18(35)36-16/h1-9,11,13-14,21-22,36-37H,10,12,15-16H2,(H2,32,33)(H,38,39);1-9,11,13-14,21-22,36H,10,12,15-16H2,(H2,32,33);1-4,6,8-9,15-16,34-35H,5,7,10-11H2,(H2,30,31)(H,36,37);1-4,6,8-9,15-16,34H,5,7,10-11H2,(H2,30,31)/t2*21-,22-;2*15-,16-/m1111/s1. The number of hydrogen-bond acceptors (Lipinski definition) is 24. The molecule has 16 N–H and O–H groups in total. The molecular formula is C102H94F18N16O14. The van der Waals surface area contributed by atoms with E-state index >= 15 is 0 Å². The predicted octanol–water partition coefficient (Wildman–Crippen LogP) is 19.1. The number of aromatic nitrogens is 12. The Hall–Kier alpha value is -15.7. The Morgan fingerprint density at radius 2 is 0.600 bits per heavy atom. The Kier molecular flexibility index (Phi) is 35.1. The first-order valence-corrected chi connectivity index (χ1v) is 45.9. The number of hydrogen-bond donors (Lipinski definition) is 12. The number of benzene rings is 6. The van der Waals surface area contributed by atoms with Gasteiger partial charge in [-0.1, -0.05) is 109 Å². The molecule has 2 aliphatic rings. The summed E-state index contributed by atoms with van der Waals surface area (Å²) in [6, 6.07) is 47.6. The second-order valence-electron chi connectivity index (χ2n) is 34.9. The molecule has 30 nitrogen and oxygen atoms in total. The molecule has 0 unspecified atom stereocenters. The summed E-state index contributed by atoms with van der Waals surface area (Å²) in [4.78, 5) is 78.0. The van der Waals surface area contributed by atoms with Gasteiger partial charge in [-0.15, -0.1) is 0 Å². The number of ether oxygens (including phenoxy) is 2. The van der Waals surface area contributed by atoms with Crippen LogP contribution in [0.4, 0.5) is 102 Å². The lowest BCUT2D eigenvalue weighted by molar-refractivity contribution is -0.161. The summed E-state index contributed by atoms with van der Waals surface area (Å²) in [5, 5.41) is 78.0. The summed E-state index contributed by atoms with van der Waals surface area (Å²) in [5.41, 5.74) is 23.0. The van der Waals surface area contributed by atoms with Crippen molar-refractivity contribution in [3.8, 4) is 113 Å². The van der Waals surface area contributed by atoms with Crippen molar-refractivity contribution in [1.82, 2.24) is 58.1 Å². The third kappa shape index (κ3) is 29.0. The van der Waals surface area contributed by atoms with E-state index in [2.05, 4.69) is 29.9 Å². The number of nitrogens with zero attached hydrogens (tertiary/aromatic N) is 12. The van der Waals surface area contributed by atoms with Gasteiger partial charge in [-0.2, -0.15) is 79.0 Å². The number of aliphatic carboxylic acids is 2. The number of carbonyl (C=O) groups is 4. The third-order valence-electron chi connectivity index (χ3n) is 23.6. The number of rotatable bonds is 30. The van der Waals surface area contributed by atoms with Gasteiger partial charge >= 0.3 is 60.9 Å². The van der Waals surface area contributed by atoms with Crippen molar-refractivity contribution in [2.45, 2.75) is 189 Å². The van der Waals surface area contributed by atoms with E-state index < -0.39 is 176 Å². The highest BCUT2D eigenvalue weighted by atomic mass is 19.4. The molecule has 10 heterocycles. The number of cyclic esters (lactones) is 2. The smallest absolute Gasteiger partial charge is 0.449 e. The van der Waals surface area contributed by atoms with Crippen molar-refractivity contribution in [1.29, 1.82) is 0 Å². The first-order valence-electron chi connectivity index (χ1n) is 45.9. The van der Waals surface area contributed by atoms with Gasteiger partial charge in [0.25, 0.3) is 0 Å². The van der Waals surface area contributed by atoms with Crippen LogP contribution in [0.25, 0.3) is 113 Å². The Bertz CT molecular complexity index is 7080. The largest absolute Gasteiger partial charge is 0.481 e. The van der Waals surface area contributed by atoms with Crippen LogP contribution in [-0.2, 0) is 91.9 Å². The van der Waals surface area contributed by atoms with E-state index in [0.717, 1.165) is 64.7 Å². The number of halogens is 18. The number of alkyl halides is 18. The van der Waals surface area contributed by atoms with Crippen molar-refractivity contribution in [2.75, 3.05) is 22.9 Å². The van der Waals surface area contributed by atoms with Crippen molar-refractivity contribution in [2.24, 2.45) is 0 Å². The van der Waals surface area contributed by atoms with E-state index in [1.54, 1.807) is 53.1 Å². The Labute approximate surface area is 840 Å². The third-order valence-corrected chi connectivity index (χ3v) is 23.6. The van der Waals surface area contributed by atoms with Crippen molar-refractivity contribution in [3.05, 3.63) is 265 Å². The summed E-state index contributed by atoms with van der Waals surface area (Å²) in [7, 11) is 0. The van der Waals surface area contributed by atoms with Crippen LogP contribution < -0.4 is 22.9 Å². The normalized spacial score (nSPS) is 15.9. The lowest BCUT2D eigenvalue weighted by Gasteiger charge is -2.26. The number of aliphatic hydroxyl groups is 6. The summed E-state index contributed by atoms with van der Waals surface area (Å²) in [5.74, 6) is -5.10. The summed E-state index contributed by atoms with van der Waals surface area (Å²) in [6.45, 7) is -0.577. The molecule has 14 aromatic rings. The topological polar surface area (TPSA) is 476 Å². The fourth-order valence-corrected chi connectivity index (χ4v) is 17.1. The molecule has 0 aliphatic carbocycles. The van der Waals surface area contributed by atoms with Crippen LogP contribution in [0.15, 0.2) is 231 Å². The van der Waals surface area contributed by atoms with E-state index in [1.807, 2.05) is 53.1 Å². The zero-order valence-electron chi connectivity index (χ0n) is 78.4. The molecule has 2 fully saturated rings. The van der Waals surface area contributed by atoms with Gasteiger partial charge in [0.15, 0.2) is 0 Å². The maximum absolute atomic E-state index is 14.1. The Morgan fingerprint density at radius 3 is 0.880 bits per heavy atom. The number of aliphatic hydroxyl groups excluding tert-OH is 6. The molecule has 16 rings (SSSR count). The van der Waals surface area contributed by atoms with Crippen LogP contribution in [-0.4, -0.2) is 172 Å². The van der Waals surface area contributed by atoms with Crippen LogP contribution in [0.1, 0.15) is 111 Å². The van der Waals surface area contributed by atoms with Gasteiger partial charge < -0.3 is 91.5 Å². The van der Waals surface area contributed by atoms with E-state index in [1.165, 1.54) is 73.3 Å². The van der Waals surface area contributed by atoms with E-state index in [0.29, 0.717) is 73.7 Å². The van der Waals surface area contributed by atoms with Crippen LogP contribution >= 0.6 is 0 Å². The van der Waals surface area contributed by atoms with E-state index in [4.69, 9.17) is 52.6 Å². The van der Waals surface area contributed by atoms with Gasteiger partial charge in [-0.05, 0) is 123 Å². The Balaban J connectivity index is 0.000000167. The molecule has 0 spiro atoms. The molecule has 2 saturated heterocycles. The number of pyridine rings is 4. The van der Waals surface area contributed by atoms with E-state index in [-0.39, 0.29) is 138 Å². The molecule has 2 aliphatic heterocycles. The maximum Gasteiger partial charge on any atom is 0.449 e. The minimum Gasteiger partial charge on any atom is -0.481 e. The number of nitrogen functional groups attached to an aromatic ring is 4. The first-order chi connectivity index (χ1) is 70.7. The summed E-state index contributed by atoms with van der Waals surface area (Å²) in [6.07, 6.45) is -33.4. The molecule has 150 heavy (non-hydrogen) atoms. The predicted molar refractivity (Wildman–Crippen MR) is 509 cm³/mol. The lowest BCUT2D eigenvalue weighted by atomic mass is 10.0. The highest BCUT2D eigenvalue weighted by Gasteiger charge is 2.44. The average Bonchev–Trinajstić information content (AvgIpc) is 1.61. The highest BCUT2D eigenvalue weighted by molar-refractivity contribution is 5.87. The molecule has 792 valence electrons. The zero-order valence-corrected chi connectivity index (χ0v) is 78.4. The number of anilines is 4. The van der Waals surface area contributed by atoms with Crippen molar-refractivity contribution < 1.29 is 149 Å². The molecule has 0 amide bonds. The molecule has 8 atom stereocenters. The molecule has 48 heteroatoms.